The summed E-state index contributed by atoms with van der Waals surface area (Å²) in [6.07, 6.45) is 42.1. The number of unbranched alkanes of at least 4 members (excludes halogenated alkanes) is 22. The normalized spacial score (nSPS) is 12.4. The maximum absolute atomic E-state index is 12.6. The summed E-state index contributed by atoms with van der Waals surface area (Å²) in [5.41, 5.74) is 0. The molecular formula is C42H80ClNO4. The lowest BCUT2D eigenvalue weighted by Crippen LogP contribution is -3.00. The molecule has 0 heterocycles. The second kappa shape index (κ2) is 36.9. The number of halogens is 1. The molecule has 0 aliphatic rings. The van der Waals surface area contributed by atoms with E-state index in [4.69, 9.17) is 9.47 Å². The fraction of sp³-hybridized carbons (Fsp3) is 0.857. The standard InChI is InChI=1S/C42H80NO4.ClH/c1-6-8-10-12-14-16-18-20-22-24-26-28-30-32-34-36-41(44)46-39-40(38-43(3,4)5)47-42(45)37-35-33-31-29-27-25-23-21-19-17-15-13-11-9-7-2;/h20-23,40H,6-19,24-39H2,1-5H3;1H/q+1;/p-1/t40-;/m0./s1. The molecular weight excluding hydrogens is 618 g/mol. The van der Waals surface area contributed by atoms with Gasteiger partial charge in [-0.15, -0.1) is 0 Å². The fourth-order valence-corrected chi connectivity index (χ4v) is 5.92. The fourth-order valence-electron chi connectivity index (χ4n) is 5.92. The van der Waals surface area contributed by atoms with Crippen LogP contribution in [0.4, 0.5) is 0 Å². The van der Waals surface area contributed by atoms with Gasteiger partial charge < -0.3 is 26.4 Å². The summed E-state index contributed by atoms with van der Waals surface area (Å²) in [6, 6.07) is 0. The molecule has 1 atom stereocenters. The average Bonchev–Trinajstić information content (AvgIpc) is 3.03. The van der Waals surface area contributed by atoms with Crippen molar-refractivity contribution in [2.75, 3.05) is 34.3 Å². The van der Waals surface area contributed by atoms with E-state index in [1.165, 1.54) is 128 Å². The molecule has 284 valence electrons. The van der Waals surface area contributed by atoms with Gasteiger partial charge in [0.15, 0.2) is 6.10 Å². The van der Waals surface area contributed by atoms with Gasteiger partial charge >= 0.3 is 11.9 Å². The van der Waals surface area contributed by atoms with Crippen LogP contribution in [0.2, 0.25) is 0 Å². The van der Waals surface area contributed by atoms with Crippen LogP contribution in [-0.4, -0.2) is 56.8 Å². The van der Waals surface area contributed by atoms with Gasteiger partial charge in [0.05, 0.1) is 21.1 Å². The molecule has 0 fully saturated rings. The molecule has 0 N–H and O–H groups in total. The van der Waals surface area contributed by atoms with Gasteiger partial charge in [0, 0.05) is 12.8 Å². The summed E-state index contributed by atoms with van der Waals surface area (Å²) in [4.78, 5) is 24.9. The molecule has 0 spiro atoms. The number of quaternary nitrogens is 1. The monoisotopic (exact) mass is 698 g/mol. The van der Waals surface area contributed by atoms with Crippen molar-refractivity contribution in [1.82, 2.24) is 0 Å². The predicted octanol–water partition coefficient (Wildman–Crippen LogP) is 9.23. The Balaban J connectivity index is 0. The highest BCUT2D eigenvalue weighted by Crippen LogP contribution is 2.13. The molecule has 0 rings (SSSR count). The number of nitrogens with zero attached hydrogens (tertiary/aromatic N) is 1. The molecule has 48 heavy (non-hydrogen) atoms. The van der Waals surface area contributed by atoms with Crippen LogP contribution in [0.1, 0.15) is 194 Å². The van der Waals surface area contributed by atoms with Gasteiger partial charge in [-0.1, -0.05) is 141 Å². The number of ether oxygens (including phenoxy) is 2. The topological polar surface area (TPSA) is 52.6 Å². The summed E-state index contributed by atoms with van der Waals surface area (Å²) in [7, 11) is 6.20. The first kappa shape index (κ1) is 48.8. The molecule has 0 unspecified atom stereocenters. The predicted molar refractivity (Wildman–Crippen MR) is 203 cm³/mol. The summed E-state index contributed by atoms with van der Waals surface area (Å²) in [5, 5.41) is 0. The first-order chi connectivity index (χ1) is 22.8. The van der Waals surface area contributed by atoms with Crippen molar-refractivity contribution in [3.63, 3.8) is 0 Å². The van der Waals surface area contributed by atoms with Gasteiger partial charge in [0.2, 0.25) is 0 Å². The first-order valence-electron chi connectivity index (χ1n) is 20.2. The van der Waals surface area contributed by atoms with Crippen molar-refractivity contribution in [3.05, 3.63) is 24.3 Å². The third-order valence-corrected chi connectivity index (χ3v) is 8.77. The minimum Gasteiger partial charge on any atom is -1.00 e. The van der Waals surface area contributed by atoms with E-state index in [-0.39, 0.29) is 31.0 Å². The van der Waals surface area contributed by atoms with E-state index in [9.17, 15) is 9.59 Å². The highest BCUT2D eigenvalue weighted by atomic mass is 35.5. The lowest BCUT2D eigenvalue weighted by molar-refractivity contribution is -0.873. The molecule has 0 radical (unpaired) electrons. The zero-order valence-corrected chi connectivity index (χ0v) is 33.3. The van der Waals surface area contributed by atoms with E-state index >= 15 is 0 Å². The summed E-state index contributed by atoms with van der Waals surface area (Å²) in [6.45, 7) is 5.31. The maximum Gasteiger partial charge on any atom is 0.306 e. The van der Waals surface area contributed by atoms with Crippen LogP contribution in [-0.2, 0) is 19.1 Å². The quantitative estimate of drug-likeness (QED) is 0.0287. The van der Waals surface area contributed by atoms with Crippen LogP contribution in [0.25, 0.3) is 0 Å². The van der Waals surface area contributed by atoms with E-state index in [1.54, 1.807) is 0 Å². The van der Waals surface area contributed by atoms with Gasteiger partial charge in [-0.2, -0.15) is 0 Å². The van der Waals surface area contributed by atoms with Crippen molar-refractivity contribution in [2.45, 2.75) is 200 Å². The van der Waals surface area contributed by atoms with E-state index in [0.717, 1.165) is 38.5 Å². The second-order valence-electron chi connectivity index (χ2n) is 14.9. The molecule has 0 amide bonds. The van der Waals surface area contributed by atoms with Crippen LogP contribution in [0, 0.1) is 0 Å². The summed E-state index contributed by atoms with van der Waals surface area (Å²) in [5.74, 6) is -0.350. The van der Waals surface area contributed by atoms with E-state index in [0.29, 0.717) is 23.9 Å². The number of likely N-dealkylation sites (N-methyl/N-ethyl adjacent to an activating group) is 1. The van der Waals surface area contributed by atoms with Crippen LogP contribution in [0.5, 0.6) is 0 Å². The number of allylic oxidation sites excluding steroid dienone is 4. The second-order valence-corrected chi connectivity index (χ2v) is 14.9. The average molecular weight is 699 g/mol. The molecule has 0 bridgehead atoms. The number of carbonyl (C=O) groups is 2. The SMILES string of the molecule is CCCCCCCCC=CCCCCCCCC(=O)OC[C@H](C[N+](C)(C)C)OC(=O)CCCCCCCC=CCCCCCCCC.[Cl-]. The number of rotatable bonds is 35. The first-order valence-corrected chi connectivity index (χ1v) is 20.2. The molecule has 0 aromatic heterocycles. The minimum atomic E-state index is -0.399. The highest BCUT2D eigenvalue weighted by Gasteiger charge is 2.23. The molecule has 5 nitrogen and oxygen atoms in total. The third kappa shape index (κ3) is 39.1. The molecule has 6 heteroatoms. The van der Waals surface area contributed by atoms with Crippen LogP contribution < -0.4 is 12.4 Å². The van der Waals surface area contributed by atoms with Crippen molar-refractivity contribution in [2.24, 2.45) is 0 Å². The lowest BCUT2D eigenvalue weighted by Gasteiger charge is -2.28. The molecule has 0 saturated carbocycles. The number of carbonyl (C=O) groups excluding carboxylic acids is 2. The Kier molecular flexibility index (Phi) is 37.5. The van der Waals surface area contributed by atoms with E-state index in [2.05, 4.69) is 59.3 Å². The zero-order chi connectivity index (χ0) is 34.7. The molecule has 0 aliphatic carbocycles. The number of hydrogen-bond acceptors (Lipinski definition) is 4. The van der Waals surface area contributed by atoms with Gasteiger partial charge in [-0.25, -0.2) is 0 Å². The third-order valence-electron chi connectivity index (χ3n) is 8.77. The van der Waals surface area contributed by atoms with Crippen molar-refractivity contribution >= 4 is 11.9 Å². The van der Waals surface area contributed by atoms with Gasteiger partial charge in [0.25, 0.3) is 0 Å². The Morgan fingerprint density at radius 2 is 0.833 bits per heavy atom. The van der Waals surface area contributed by atoms with Gasteiger partial charge in [-0.3, -0.25) is 9.59 Å². The Bertz CT molecular complexity index is 761. The summed E-state index contributed by atoms with van der Waals surface area (Å²) >= 11 is 0. The number of esters is 2. The Morgan fingerprint density at radius 3 is 1.21 bits per heavy atom. The van der Waals surface area contributed by atoms with Crippen LogP contribution >= 0.6 is 0 Å². The van der Waals surface area contributed by atoms with Gasteiger partial charge in [-0.05, 0) is 64.2 Å². The smallest absolute Gasteiger partial charge is 0.306 e. The van der Waals surface area contributed by atoms with Crippen molar-refractivity contribution in [3.8, 4) is 0 Å². The molecule has 0 saturated heterocycles. The largest absolute Gasteiger partial charge is 1.00 e. The Morgan fingerprint density at radius 1 is 0.500 bits per heavy atom. The van der Waals surface area contributed by atoms with Crippen LogP contribution in [0.3, 0.4) is 0 Å². The van der Waals surface area contributed by atoms with Crippen molar-refractivity contribution in [1.29, 1.82) is 0 Å². The van der Waals surface area contributed by atoms with Crippen LogP contribution in [0.15, 0.2) is 24.3 Å². The lowest BCUT2D eigenvalue weighted by atomic mass is 10.1. The van der Waals surface area contributed by atoms with E-state index in [1.807, 2.05) is 0 Å². The van der Waals surface area contributed by atoms with Gasteiger partial charge in [0.1, 0.15) is 13.2 Å². The minimum absolute atomic E-state index is 0. The highest BCUT2D eigenvalue weighted by molar-refractivity contribution is 5.70. The number of hydrogen-bond donors (Lipinski definition) is 0. The summed E-state index contributed by atoms with van der Waals surface area (Å²) < 4.78 is 12.0. The molecule has 0 aromatic rings. The Labute approximate surface area is 305 Å². The van der Waals surface area contributed by atoms with Crippen molar-refractivity contribution < 1.29 is 36.0 Å². The Hall–Kier alpha value is -1.33. The molecule has 0 aromatic carbocycles. The van der Waals surface area contributed by atoms with E-state index < -0.39 is 6.10 Å². The molecule has 0 aliphatic heterocycles. The maximum atomic E-state index is 12.6. The zero-order valence-electron chi connectivity index (χ0n) is 32.6.